The molecule has 0 unspecified atom stereocenters. The lowest BCUT2D eigenvalue weighted by Gasteiger charge is -2.10. The van der Waals surface area contributed by atoms with Crippen LogP contribution in [0, 0.1) is 6.92 Å². The average molecular weight is 355 g/mol. The summed E-state index contributed by atoms with van der Waals surface area (Å²) in [4.78, 5) is 8.74. The molecular formula is C23H21N3O. The highest BCUT2D eigenvalue weighted by molar-refractivity contribution is 5.89. The van der Waals surface area contributed by atoms with Gasteiger partial charge in [0.05, 0.1) is 5.52 Å². The lowest BCUT2D eigenvalue weighted by atomic mass is 10.1. The molecule has 27 heavy (non-hydrogen) atoms. The van der Waals surface area contributed by atoms with Crippen LogP contribution in [0.3, 0.4) is 0 Å². The van der Waals surface area contributed by atoms with Gasteiger partial charge in [0.25, 0.3) is 0 Å². The van der Waals surface area contributed by atoms with Crippen molar-refractivity contribution in [2.75, 3.05) is 11.9 Å². The fraction of sp³-hybridized carbons (Fsp3) is 0.130. The third-order valence-corrected chi connectivity index (χ3v) is 4.37. The Hall–Kier alpha value is -3.40. The Labute approximate surface area is 158 Å². The quantitative estimate of drug-likeness (QED) is 0.504. The Bertz CT molecular complexity index is 1050. The monoisotopic (exact) mass is 355 g/mol. The lowest BCUT2D eigenvalue weighted by molar-refractivity contribution is 0.482. The number of hydrogen-bond acceptors (Lipinski definition) is 4. The Balaban J connectivity index is 1.42. The van der Waals surface area contributed by atoms with Gasteiger partial charge >= 0.3 is 0 Å². The van der Waals surface area contributed by atoms with Crippen LogP contribution in [0.5, 0.6) is 11.5 Å². The SMILES string of the molecule is Cc1ccc2ncnc(NCCc3cccc(Oc4ccccc4)c3)c2c1. The second-order valence-corrected chi connectivity index (χ2v) is 6.48. The zero-order valence-electron chi connectivity index (χ0n) is 15.2. The molecule has 0 radical (unpaired) electrons. The summed E-state index contributed by atoms with van der Waals surface area (Å²) in [6.07, 6.45) is 2.48. The van der Waals surface area contributed by atoms with Crippen molar-refractivity contribution in [1.82, 2.24) is 9.97 Å². The minimum absolute atomic E-state index is 0.787. The third kappa shape index (κ3) is 4.23. The second kappa shape index (κ2) is 7.87. The summed E-state index contributed by atoms with van der Waals surface area (Å²) < 4.78 is 5.91. The average Bonchev–Trinajstić information content (AvgIpc) is 2.69. The zero-order valence-corrected chi connectivity index (χ0v) is 15.2. The van der Waals surface area contributed by atoms with E-state index in [9.17, 15) is 0 Å². The number of fused-ring (bicyclic) bond motifs is 1. The van der Waals surface area contributed by atoms with Crippen LogP contribution < -0.4 is 10.1 Å². The summed E-state index contributed by atoms with van der Waals surface area (Å²) in [5.74, 6) is 2.57. The molecule has 4 nitrogen and oxygen atoms in total. The molecule has 1 aromatic heterocycles. The molecule has 0 aliphatic heterocycles. The summed E-state index contributed by atoms with van der Waals surface area (Å²) in [7, 11) is 0. The first kappa shape index (κ1) is 17.0. The van der Waals surface area contributed by atoms with E-state index in [1.165, 1.54) is 11.1 Å². The Kier molecular flexibility index (Phi) is 4.97. The fourth-order valence-corrected chi connectivity index (χ4v) is 3.03. The van der Waals surface area contributed by atoms with Crippen LogP contribution in [0.2, 0.25) is 0 Å². The minimum Gasteiger partial charge on any atom is -0.457 e. The number of aryl methyl sites for hydroxylation is 1. The molecular weight excluding hydrogens is 334 g/mol. The van der Waals surface area contributed by atoms with Crippen LogP contribution in [0.1, 0.15) is 11.1 Å². The van der Waals surface area contributed by atoms with Crippen molar-refractivity contribution in [2.45, 2.75) is 13.3 Å². The van der Waals surface area contributed by atoms with E-state index in [-0.39, 0.29) is 0 Å². The summed E-state index contributed by atoms with van der Waals surface area (Å²) in [5, 5.41) is 4.49. The fourth-order valence-electron chi connectivity index (χ4n) is 3.03. The molecule has 3 aromatic carbocycles. The van der Waals surface area contributed by atoms with Gasteiger partial charge in [-0.2, -0.15) is 0 Å². The van der Waals surface area contributed by atoms with E-state index in [4.69, 9.17) is 4.74 Å². The van der Waals surface area contributed by atoms with E-state index in [2.05, 4.69) is 46.5 Å². The van der Waals surface area contributed by atoms with Crippen LogP contribution in [0.25, 0.3) is 10.9 Å². The number of rotatable bonds is 6. The predicted octanol–water partition coefficient (Wildman–Crippen LogP) is 5.39. The summed E-state index contributed by atoms with van der Waals surface area (Å²) in [6.45, 7) is 2.86. The molecule has 1 N–H and O–H groups in total. The molecule has 0 amide bonds. The molecule has 0 bridgehead atoms. The van der Waals surface area contributed by atoms with Gasteiger partial charge in [-0.15, -0.1) is 0 Å². The van der Waals surface area contributed by atoms with Crippen molar-refractivity contribution in [3.05, 3.63) is 90.3 Å². The van der Waals surface area contributed by atoms with E-state index in [0.717, 1.165) is 41.2 Å². The molecule has 4 heteroatoms. The Morgan fingerprint density at radius 3 is 2.59 bits per heavy atom. The van der Waals surface area contributed by atoms with E-state index in [1.54, 1.807) is 6.33 Å². The molecule has 0 spiro atoms. The van der Waals surface area contributed by atoms with E-state index < -0.39 is 0 Å². The third-order valence-electron chi connectivity index (χ3n) is 4.37. The second-order valence-electron chi connectivity index (χ2n) is 6.48. The normalized spacial score (nSPS) is 10.7. The topological polar surface area (TPSA) is 47.0 Å². The van der Waals surface area contributed by atoms with Crippen LogP contribution in [0.4, 0.5) is 5.82 Å². The molecule has 4 rings (SSSR count). The van der Waals surface area contributed by atoms with Gasteiger partial charge in [0.1, 0.15) is 23.6 Å². The van der Waals surface area contributed by atoms with E-state index in [0.29, 0.717) is 0 Å². The zero-order chi connectivity index (χ0) is 18.5. The molecule has 0 atom stereocenters. The summed E-state index contributed by atoms with van der Waals surface area (Å²) in [5.41, 5.74) is 3.37. The highest BCUT2D eigenvalue weighted by Crippen LogP contribution is 2.23. The molecule has 1 heterocycles. The smallest absolute Gasteiger partial charge is 0.137 e. The van der Waals surface area contributed by atoms with Gasteiger partial charge in [0.2, 0.25) is 0 Å². The van der Waals surface area contributed by atoms with Crippen LogP contribution in [-0.4, -0.2) is 16.5 Å². The van der Waals surface area contributed by atoms with E-state index >= 15 is 0 Å². The highest BCUT2D eigenvalue weighted by Gasteiger charge is 2.04. The van der Waals surface area contributed by atoms with Gasteiger partial charge in [-0.05, 0) is 55.3 Å². The minimum atomic E-state index is 0.787. The van der Waals surface area contributed by atoms with Crippen molar-refractivity contribution >= 4 is 16.7 Å². The number of benzene rings is 3. The first-order valence-corrected chi connectivity index (χ1v) is 9.05. The lowest BCUT2D eigenvalue weighted by Crippen LogP contribution is -2.07. The van der Waals surface area contributed by atoms with Crippen molar-refractivity contribution < 1.29 is 4.74 Å². The highest BCUT2D eigenvalue weighted by atomic mass is 16.5. The van der Waals surface area contributed by atoms with Crippen molar-refractivity contribution in [2.24, 2.45) is 0 Å². The Morgan fingerprint density at radius 2 is 1.70 bits per heavy atom. The number of nitrogens with zero attached hydrogens (tertiary/aromatic N) is 2. The number of ether oxygens (including phenoxy) is 1. The number of anilines is 1. The van der Waals surface area contributed by atoms with E-state index in [1.807, 2.05) is 48.5 Å². The van der Waals surface area contributed by atoms with Crippen LogP contribution >= 0.6 is 0 Å². The maximum Gasteiger partial charge on any atom is 0.137 e. The molecule has 0 saturated carbocycles. The molecule has 0 fully saturated rings. The molecule has 0 aliphatic rings. The van der Waals surface area contributed by atoms with Gasteiger partial charge in [-0.3, -0.25) is 0 Å². The van der Waals surface area contributed by atoms with Gasteiger partial charge < -0.3 is 10.1 Å². The first-order chi connectivity index (χ1) is 13.3. The van der Waals surface area contributed by atoms with Crippen molar-refractivity contribution in [3.63, 3.8) is 0 Å². The van der Waals surface area contributed by atoms with Crippen LogP contribution in [-0.2, 0) is 6.42 Å². The largest absolute Gasteiger partial charge is 0.457 e. The maximum atomic E-state index is 5.91. The summed E-state index contributed by atoms with van der Waals surface area (Å²) >= 11 is 0. The van der Waals surface area contributed by atoms with Gasteiger partial charge in [-0.1, -0.05) is 42.0 Å². The molecule has 0 saturated heterocycles. The number of aromatic nitrogens is 2. The summed E-state index contributed by atoms with van der Waals surface area (Å²) in [6, 6.07) is 24.2. The van der Waals surface area contributed by atoms with Crippen molar-refractivity contribution in [3.8, 4) is 11.5 Å². The number of hydrogen-bond donors (Lipinski definition) is 1. The van der Waals surface area contributed by atoms with Crippen molar-refractivity contribution in [1.29, 1.82) is 0 Å². The predicted molar refractivity (Wildman–Crippen MR) is 109 cm³/mol. The van der Waals surface area contributed by atoms with Gasteiger partial charge in [0, 0.05) is 11.9 Å². The number of nitrogens with one attached hydrogen (secondary N) is 1. The standard InChI is InChI=1S/C23H21N3O/c1-17-10-11-22-21(14-17)23(26-16-25-22)24-13-12-18-6-5-9-20(15-18)27-19-7-3-2-4-8-19/h2-11,14-16H,12-13H2,1H3,(H,24,25,26). The maximum absolute atomic E-state index is 5.91. The van der Waals surface area contributed by atoms with Gasteiger partial charge in [0.15, 0.2) is 0 Å². The molecule has 0 aliphatic carbocycles. The van der Waals surface area contributed by atoms with Crippen LogP contribution in [0.15, 0.2) is 79.1 Å². The molecule has 134 valence electrons. The first-order valence-electron chi connectivity index (χ1n) is 9.05. The number of para-hydroxylation sites is 1. The Morgan fingerprint density at radius 1 is 0.852 bits per heavy atom. The van der Waals surface area contributed by atoms with Gasteiger partial charge in [-0.25, -0.2) is 9.97 Å². The molecule has 4 aromatic rings.